The number of hydrogen-bond donors (Lipinski definition) is 0. The van der Waals surface area contributed by atoms with Gasteiger partial charge in [0.2, 0.25) is 0 Å². The van der Waals surface area contributed by atoms with E-state index in [4.69, 9.17) is 4.74 Å². The molecular weight excluding hydrogens is 236 g/mol. The Hall–Kier alpha value is -0.370. The highest BCUT2D eigenvalue weighted by Gasteiger charge is 2.43. The summed E-state index contributed by atoms with van der Waals surface area (Å²) in [7, 11) is 0. The van der Waals surface area contributed by atoms with Crippen molar-refractivity contribution in [1.82, 2.24) is 0 Å². The first kappa shape index (κ1) is 13.6. The van der Waals surface area contributed by atoms with Crippen molar-refractivity contribution in [3.8, 4) is 0 Å². The number of carbonyl (C=O) groups is 1. The lowest BCUT2D eigenvalue weighted by molar-refractivity contribution is -0.123. The van der Waals surface area contributed by atoms with Gasteiger partial charge in [-0.05, 0) is 61.7 Å². The van der Waals surface area contributed by atoms with E-state index in [2.05, 4.69) is 13.8 Å². The largest absolute Gasteiger partial charge is 0.381 e. The van der Waals surface area contributed by atoms with Gasteiger partial charge in [0.1, 0.15) is 5.78 Å². The molecule has 0 aromatic heterocycles. The first-order valence-electron chi connectivity index (χ1n) is 8.25. The summed E-state index contributed by atoms with van der Waals surface area (Å²) in [5, 5.41) is 0. The first-order chi connectivity index (χ1) is 9.15. The van der Waals surface area contributed by atoms with Crippen LogP contribution in [0, 0.1) is 35.5 Å². The Morgan fingerprint density at radius 3 is 2.37 bits per heavy atom. The van der Waals surface area contributed by atoms with Crippen molar-refractivity contribution in [3.63, 3.8) is 0 Å². The van der Waals surface area contributed by atoms with Gasteiger partial charge in [0, 0.05) is 18.9 Å². The maximum atomic E-state index is 12.1. The van der Waals surface area contributed by atoms with Crippen molar-refractivity contribution in [3.05, 3.63) is 0 Å². The number of Topliss-reactive ketones (excluding diaryl/α,β-unsaturated/α-hetero) is 1. The molecule has 1 heterocycles. The smallest absolute Gasteiger partial charge is 0.138 e. The van der Waals surface area contributed by atoms with E-state index in [0.717, 1.165) is 55.5 Å². The average molecular weight is 264 g/mol. The van der Waals surface area contributed by atoms with Crippen molar-refractivity contribution >= 4 is 5.78 Å². The van der Waals surface area contributed by atoms with E-state index in [1.807, 2.05) is 0 Å². The van der Waals surface area contributed by atoms with Crippen LogP contribution in [0.15, 0.2) is 0 Å². The summed E-state index contributed by atoms with van der Waals surface area (Å²) in [4.78, 5) is 12.1. The van der Waals surface area contributed by atoms with Gasteiger partial charge in [0.25, 0.3) is 0 Å². The third kappa shape index (κ3) is 2.74. The zero-order chi connectivity index (χ0) is 13.4. The molecule has 2 aliphatic carbocycles. The minimum atomic E-state index is 0.221. The average Bonchev–Trinajstić information content (AvgIpc) is 3.02. The highest BCUT2D eigenvalue weighted by atomic mass is 16.5. The number of rotatable bonds is 4. The van der Waals surface area contributed by atoms with Gasteiger partial charge >= 0.3 is 0 Å². The summed E-state index contributed by atoms with van der Waals surface area (Å²) in [5.41, 5.74) is 0. The zero-order valence-corrected chi connectivity index (χ0v) is 12.4. The van der Waals surface area contributed by atoms with Crippen LogP contribution >= 0.6 is 0 Å². The van der Waals surface area contributed by atoms with Gasteiger partial charge < -0.3 is 4.74 Å². The molecule has 0 radical (unpaired) electrons. The van der Waals surface area contributed by atoms with E-state index < -0.39 is 0 Å². The van der Waals surface area contributed by atoms with Crippen molar-refractivity contribution in [1.29, 1.82) is 0 Å². The zero-order valence-electron chi connectivity index (χ0n) is 12.4. The topological polar surface area (TPSA) is 26.3 Å². The molecule has 108 valence electrons. The summed E-state index contributed by atoms with van der Waals surface area (Å²) < 4.78 is 5.32. The minimum absolute atomic E-state index is 0.221. The molecule has 2 bridgehead atoms. The molecule has 0 spiro atoms. The molecule has 2 heteroatoms. The van der Waals surface area contributed by atoms with E-state index in [-0.39, 0.29) is 5.92 Å². The monoisotopic (exact) mass is 264 g/mol. The fraction of sp³-hybridized carbons (Fsp3) is 0.941. The predicted molar refractivity (Wildman–Crippen MR) is 75.8 cm³/mol. The second kappa shape index (κ2) is 5.55. The molecule has 19 heavy (non-hydrogen) atoms. The SMILES string of the molecule is CC1C2CC(CCC(=O)C3CCOC3)CC(C2)C1C. The van der Waals surface area contributed by atoms with Crippen LogP contribution in [0.1, 0.15) is 52.4 Å². The van der Waals surface area contributed by atoms with E-state index in [1.54, 1.807) is 0 Å². The van der Waals surface area contributed by atoms with Crippen LogP contribution in [0.3, 0.4) is 0 Å². The molecule has 3 fully saturated rings. The Morgan fingerprint density at radius 2 is 1.79 bits per heavy atom. The first-order valence-corrected chi connectivity index (χ1v) is 8.25. The van der Waals surface area contributed by atoms with Crippen LogP contribution in [0.5, 0.6) is 0 Å². The van der Waals surface area contributed by atoms with Crippen LogP contribution in [0.25, 0.3) is 0 Å². The van der Waals surface area contributed by atoms with E-state index in [1.165, 1.54) is 19.3 Å². The second-order valence-electron chi connectivity index (χ2n) is 7.38. The number of hydrogen-bond acceptors (Lipinski definition) is 2. The maximum Gasteiger partial charge on any atom is 0.138 e. The summed E-state index contributed by atoms with van der Waals surface area (Å²) in [6, 6.07) is 0. The highest BCUT2D eigenvalue weighted by Crippen LogP contribution is 2.52. The van der Waals surface area contributed by atoms with Gasteiger partial charge in [-0.1, -0.05) is 13.8 Å². The molecule has 0 N–H and O–H groups in total. The Morgan fingerprint density at radius 1 is 1.11 bits per heavy atom. The standard InChI is InChI=1S/C17H28O2/c1-11-12(2)16-8-13(7-15(11)9-16)3-4-17(18)14-5-6-19-10-14/h11-16H,3-10H2,1-2H3. The highest BCUT2D eigenvalue weighted by molar-refractivity contribution is 5.81. The van der Waals surface area contributed by atoms with Gasteiger partial charge in [0.15, 0.2) is 0 Å². The Labute approximate surface area is 117 Å². The molecule has 0 amide bonds. The fourth-order valence-corrected chi connectivity index (χ4v) is 4.83. The summed E-state index contributed by atoms with van der Waals surface area (Å²) in [5.74, 6) is 5.23. The van der Waals surface area contributed by atoms with Crippen molar-refractivity contribution < 1.29 is 9.53 Å². The van der Waals surface area contributed by atoms with Crippen LogP contribution in [0.4, 0.5) is 0 Å². The van der Waals surface area contributed by atoms with Crippen LogP contribution in [-0.2, 0) is 9.53 Å². The molecule has 3 aliphatic rings. The quantitative estimate of drug-likeness (QED) is 0.774. The molecule has 1 aliphatic heterocycles. The Bertz CT molecular complexity index is 316. The molecule has 1 saturated heterocycles. The van der Waals surface area contributed by atoms with Crippen molar-refractivity contribution in [2.24, 2.45) is 35.5 Å². The van der Waals surface area contributed by atoms with E-state index in [9.17, 15) is 4.79 Å². The summed E-state index contributed by atoms with van der Waals surface area (Å²) in [6.45, 7) is 6.36. The summed E-state index contributed by atoms with van der Waals surface area (Å²) in [6.07, 6.45) is 7.14. The lowest BCUT2D eigenvalue weighted by Crippen LogP contribution is -2.20. The molecule has 2 saturated carbocycles. The van der Waals surface area contributed by atoms with Crippen molar-refractivity contribution in [2.75, 3.05) is 13.2 Å². The van der Waals surface area contributed by atoms with Crippen LogP contribution in [0.2, 0.25) is 0 Å². The van der Waals surface area contributed by atoms with Gasteiger partial charge in [-0.3, -0.25) is 4.79 Å². The third-order valence-corrected chi connectivity index (χ3v) is 6.38. The number of fused-ring (bicyclic) bond motifs is 2. The lowest BCUT2D eigenvalue weighted by atomic mass is 9.77. The molecule has 0 aromatic carbocycles. The van der Waals surface area contributed by atoms with Crippen molar-refractivity contribution in [2.45, 2.75) is 52.4 Å². The van der Waals surface area contributed by atoms with Gasteiger partial charge in [-0.25, -0.2) is 0 Å². The molecule has 0 aromatic rings. The molecule has 2 nitrogen and oxygen atoms in total. The Balaban J connectivity index is 1.48. The van der Waals surface area contributed by atoms with E-state index >= 15 is 0 Å². The van der Waals surface area contributed by atoms with Crippen LogP contribution < -0.4 is 0 Å². The predicted octanol–water partition coefficient (Wildman–Crippen LogP) is 3.69. The fourth-order valence-electron chi connectivity index (χ4n) is 4.83. The van der Waals surface area contributed by atoms with Gasteiger partial charge in [-0.2, -0.15) is 0 Å². The number of ether oxygens (including phenoxy) is 1. The number of ketones is 1. The molecular formula is C17H28O2. The second-order valence-corrected chi connectivity index (χ2v) is 7.38. The number of carbonyl (C=O) groups excluding carboxylic acids is 1. The van der Waals surface area contributed by atoms with E-state index in [0.29, 0.717) is 12.4 Å². The van der Waals surface area contributed by atoms with Gasteiger partial charge in [-0.15, -0.1) is 0 Å². The Kier molecular flexibility index (Phi) is 3.98. The molecule has 3 rings (SSSR count). The maximum absolute atomic E-state index is 12.1. The van der Waals surface area contributed by atoms with Gasteiger partial charge in [0.05, 0.1) is 6.61 Å². The summed E-state index contributed by atoms with van der Waals surface area (Å²) >= 11 is 0. The van der Waals surface area contributed by atoms with Crippen LogP contribution in [-0.4, -0.2) is 19.0 Å². The lowest BCUT2D eigenvalue weighted by Gasteiger charge is -2.28. The molecule has 5 atom stereocenters. The third-order valence-electron chi connectivity index (χ3n) is 6.38. The minimum Gasteiger partial charge on any atom is -0.381 e. The molecule has 5 unspecified atom stereocenters. The normalized spacial score (nSPS) is 45.6.